The lowest BCUT2D eigenvalue weighted by Gasteiger charge is -2.35. The van der Waals surface area contributed by atoms with E-state index in [-0.39, 0.29) is 23.7 Å². The average molecular weight is 355 g/mol. The summed E-state index contributed by atoms with van der Waals surface area (Å²) in [6.07, 6.45) is 5.60. The van der Waals surface area contributed by atoms with Crippen molar-refractivity contribution in [3.05, 3.63) is 65.7 Å². The van der Waals surface area contributed by atoms with Gasteiger partial charge in [-0.1, -0.05) is 18.2 Å². The number of hydrogen-bond donors (Lipinski definition) is 0. The number of piperidine rings is 1. The van der Waals surface area contributed by atoms with Crippen molar-refractivity contribution in [2.45, 2.75) is 32.4 Å². The number of nitrogens with zero attached hydrogens (tertiary/aromatic N) is 3. The number of rotatable bonds is 5. The van der Waals surface area contributed by atoms with Crippen LogP contribution in [-0.2, 0) is 11.3 Å². The van der Waals surface area contributed by atoms with Crippen molar-refractivity contribution in [3.63, 3.8) is 0 Å². The molecule has 138 valence electrons. The lowest BCUT2D eigenvalue weighted by atomic mass is 9.95. The zero-order chi connectivity index (χ0) is 18.5. The molecule has 2 aromatic rings. The Hall–Kier alpha value is -2.27. The van der Waals surface area contributed by atoms with Crippen LogP contribution in [0.4, 0.5) is 4.39 Å². The molecule has 1 aromatic heterocycles. The normalized spacial score (nSPS) is 19.1. The summed E-state index contributed by atoms with van der Waals surface area (Å²) < 4.78 is 13.1. The minimum atomic E-state index is -0.256. The Morgan fingerprint density at radius 1 is 1.35 bits per heavy atom. The van der Waals surface area contributed by atoms with Gasteiger partial charge in [0.1, 0.15) is 5.82 Å². The van der Waals surface area contributed by atoms with Crippen LogP contribution >= 0.6 is 0 Å². The van der Waals surface area contributed by atoms with Gasteiger partial charge in [-0.25, -0.2) is 4.39 Å². The highest BCUT2D eigenvalue weighted by atomic mass is 19.1. The van der Waals surface area contributed by atoms with Crippen molar-refractivity contribution >= 4 is 5.91 Å². The summed E-state index contributed by atoms with van der Waals surface area (Å²) in [7, 11) is 1.84. The van der Waals surface area contributed by atoms with Gasteiger partial charge in [0.2, 0.25) is 5.91 Å². The molecule has 1 aliphatic heterocycles. The number of halogens is 1. The van der Waals surface area contributed by atoms with E-state index in [1.807, 2.05) is 26.2 Å². The van der Waals surface area contributed by atoms with Gasteiger partial charge in [0, 0.05) is 32.5 Å². The molecule has 0 unspecified atom stereocenters. The first-order valence-electron chi connectivity index (χ1n) is 9.18. The molecule has 0 aliphatic carbocycles. The van der Waals surface area contributed by atoms with Crippen molar-refractivity contribution in [2.24, 2.45) is 5.92 Å². The van der Waals surface area contributed by atoms with Crippen molar-refractivity contribution in [1.29, 1.82) is 0 Å². The van der Waals surface area contributed by atoms with E-state index in [4.69, 9.17) is 0 Å². The van der Waals surface area contributed by atoms with Crippen LogP contribution in [0.15, 0.2) is 48.8 Å². The van der Waals surface area contributed by atoms with Crippen LogP contribution in [0.2, 0.25) is 0 Å². The number of pyridine rings is 1. The molecule has 5 heteroatoms. The molecule has 0 saturated carbocycles. The Morgan fingerprint density at radius 2 is 2.12 bits per heavy atom. The van der Waals surface area contributed by atoms with E-state index in [1.54, 1.807) is 23.2 Å². The SMILES string of the molecule is C[C@H](c1ccc(F)cc1)N(C)C(=O)[C@@H]1CCCN(Cc2cccnc2)C1. The lowest BCUT2D eigenvalue weighted by Crippen LogP contribution is -2.44. The van der Waals surface area contributed by atoms with Gasteiger partial charge in [-0.3, -0.25) is 14.7 Å². The molecule has 0 bridgehead atoms. The second-order valence-electron chi connectivity index (χ2n) is 7.11. The molecule has 1 aliphatic rings. The van der Waals surface area contributed by atoms with E-state index in [0.717, 1.165) is 38.0 Å². The smallest absolute Gasteiger partial charge is 0.227 e. The highest BCUT2D eigenvalue weighted by molar-refractivity contribution is 5.79. The van der Waals surface area contributed by atoms with E-state index in [1.165, 1.54) is 17.7 Å². The summed E-state index contributed by atoms with van der Waals surface area (Å²) in [6, 6.07) is 10.3. The van der Waals surface area contributed by atoms with Crippen LogP contribution in [0.3, 0.4) is 0 Å². The maximum Gasteiger partial charge on any atom is 0.227 e. The number of likely N-dealkylation sites (tertiary alicyclic amines) is 1. The first kappa shape index (κ1) is 18.5. The summed E-state index contributed by atoms with van der Waals surface area (Å²) >= 11 is 0. The molecule has 4 nitrogen and oxygen atoms in total. The van der Waals surface area contributed by atoms with Crippen LogP contribution < -0.4 is 0 Å². The van der Waals surface area contributed by atoms with Gasteiger partial charge in [-0.05, 0) is 55.6 Å². The van der Waals surface area contributed by atoms with Gasteiger partial charge in [0.05, 0.1) is 12.0 Å². The number of aromatic nitrogens is 1. The molecule has 1 fully saturated rings. The van der Waals surface area contributed by atoms with Gasteiger partial charge in [-0.15, -0.1) is 0 Å². The molecule has 1 saturated heterocycles. The Kier molecular flexibility index (Phi) is 5.99. The highest BCUT2D eigenvalue weighted by Crippen LogP contribution is 2.25. The summed E-state index contributed by atoms with van der Waals surface area (Å²) in [5.74, 6) is -0.0840. The van der Waals surface area contributed by atoms with Crippen LogP contribution in [0.1, 0.15) is 36.9 Å². The number of hydrogen-bond acceptors (Lipinski definition) is 3. The summed E-state index contributed by atoms with van der Waals surface area (Å²) in [5, 5.41) is 0. The Balaban J connectivity index is 1.61. The van der Waals surface area contributed by atoms with E-state index >= 15 is 0 Å². The number of benzene rings is 1. The molecule has 1 amide bonds. The summed E-state index contributed by atoms with van der Waals surface area (Å²) in [6.45, 7) is 4.60. The molecule has 2 heterocycles. The maximum atomic E-state index is 13.1. The van der Waals surface area contributed by atoms with Gasteiger partial charge in [0.15, 0.2) is 0 Å². The topological polar surface area (TPSA) is 36.4 Å². The van der Waals surface area contributed by atoms with Crippen LogP contribution in [-0.4, -0.2) is 40.8 Å². The first-order valence-corrected chi connectivity index (χ1v) is 9.18. The fourth-order valence-electron chi connectivity index (χ4n) is 3.59. The molecule has 1 aromatic carbocycles. The van der Waals surface area contributed by atoms with E-state index < -0.39 is 0 Å². The lowest BCUT2D eigenvalue weighted by molar-refractivity contribution is -0.138. The molecular formula is C21H26FN3O. The monoisotopic (exact) mass is 355 g/mol. The van der Waals surface area contributed by atoms with Crippen molar-refractivity contribution in [3.8, 4) is 0 Å². The molecule has 3 rings (SSSR count). The van der Waals surface area contributed by atoms with E-state index in [2.05, 4.69) is 16.0 Å². The minimum absolute atomic E-state index is 0.00770. The molecule has 0 N–H and O–H groups in total. The van der Waals surface area contributed by atoms with Crippen LogP contribution in [0.5, 0.6) is 0 Å². The average Bonchev–Trinajstić information content (AvgIpc) is 2.68. The van der Waals surface area contributed by atoms with Gasteiger partial charge in [-0.2, -0.15) is 0 Å². The quantitative estimate of drug-likeness (QED) is 0.821. The minimum Gasteiger partial charge on any atom is -0.339 e. The zero-order valence-corrected chi connectivity index (χ0v) is 15.4. The fourth-order valence-corrected chi connectivity index (χ4v) is 3.59. The van der Waals surface area contributed by atoms with E-state index in [9.17, 15) is 9.18 Å². The maximum absolute atomic E-state index is 13.1. The third-order valence-corrected chi connectivity index (χ3v) is 5.26. The van der Waals surface area contributed by atoms with Crippen molar-refractivity contribution in [1.82, 2.24) is 14.8 Å². The number of carbonyl (C=O) groups is 1. The summed E-state index contributed by atoms with van der Waals surface area (Å²) in [4.78, 5) is 21.3. The van der Waals surface area contributed by atoms with Gasteiger partial charge < -0.3 is 4.90 Å². The predicted octanol–water partition coefficient (Wildman–Crippen LogP) is 3.65. The summed E-state index contributed by atoms with van der Waals surface area (Å²) in [5.41, 5.74) is 2.12. The fraction of sp³-hybridized carbons (Fsp3) is 0.429. The molecular weight excluding hydrogens is 329 g/mol. The molecule has 0 spiro atoms. The highest BCUT2D eigenvalue weighted by Gasteiger charge is 2.30. The number of amides is 1. The third kappa shape index (κ3) is 4.47. The molecule has 0 radical (unpaired) electrons. The Labute approximate surface area is 154 Å². The molecule has 26 heavy (non-hydrogen) atoms. The standard InChI is InChI=1S/C21H26FN3O/c1-16(18-7-9-20(22)10-8-18)24(2)21(26)19-6-4-12-25(15-19)14-17-5-3-11-23-13-17/h3,5,7-11,13,16,19H,4,6,12,14-15H2,1-2H3/t16-,19-/m1/s1. The van der Waals surface area contributed by atoms with Gasteiger partial charge in [0.25, 0.3) is 0 Å². The second kappa shape index (κ2) is 8.41. The van der Waals surface area contributed by atoms with Gasteiger partial charge >= 0.3 is 0 Å². The number of carbonyl (C=O) groups excluding carboxylic acids is 1. The largest absolute Gasteiger partial charge is 0.339 e. The predicted molar refractivity (Wildman–Crippen MR) is 99.8 cm³/mol. The zero-order valence-electron chi connectivity index (χ0n) is 15.4. The first-order chi connectivity index (χ1) is 12.5. The molecule has 2 atom stereocenters. The Morgan fingerprint density at radius 3 is 2.81 bits per heavy atom. The second-order valence-corrected chi connectivity index (χ2v) is 7.11. The van der Waals surface area contributed by atoms with Crippen molar-refractivity contribution < 1.29 is 9.18 Å². The van der Waals surface area contributed by atoms with Crippen molar-refractivity contribution in [2.75, 3.05) is 20.1 Å². The Bertz CT molecular complexity index is 720. The van der Waals surface area contributed by atoms with Crippen LogP contribution in [0, 0.1) is 11.7 Å². The third-order valence-electron chi connectivity index (χ3n) is 5.26. The van der Waals surface area contributed by atoms with E-state index in [0.29, 0.717) is 0 Å². The van der Waals surface area contributed by atoms with Crippen LogP contribution in [0.25, 0.3) is 0 Å².